The van der Waals surface area contributed by atoms with Gasteiger partial charge in [-0.3, -0.25) is 4.57 Å². The number of hydrogen-bond donors (Lipinski definition) is 0. The second-order valence-corrected chi connectivity index (χ2v) is 12.9. The maximum atomic E-state index is 6.28. The molecule has 0 aliphatic rings. The molecule has 0 saturated heterocycles. The molecule has 0 amide bonds. The van der Waals surface area contributed by atoms with Crippen molar-refractivity contribution in [3.8, 4) is 28.3 Å². The maximum Gasteiger partial charge on any atom is 0.235 e. The van der Waals surface area contributed by atoms with Crippen LogP contribution in [0.3, 0.4) is 0 Å². The summed E-state index contributed by atoms with van der Waals surface area (Å²) in [7, 11) is 0. The highest BCUT2D eigenvalue weighted by Crippen LogP contribution is 2.45. The zero-order chi connectivity index (χ0) is 32.8. The number of rotatable bonds is 3. The summed E-state index contributed by atoms with van der Waals surface area (Å²) in [5, 5.41) is 10.3. The van der Waals surface area contributed by atoms with E-state index in [1.807, 2.05) is 18.2 Å². The Kier molecular flexibility index (Phi) is 5.63. The minimum atomic E-state index is 0.643. The third-order valence-corrected chi connectivity index (χ3v) is 10.2. The van der Waals surface area contributed by atoms with E-state index in [-0.39, 0.29) is 0 Å². The number of para-hydroxylation sites is 2. The molecule has 0 spiro atoms. The van der Waals surface area contributed by atoms with E-state index in [4.69, 9.17) is 14.4 Å². The zero-order valence-electron chi connectivity index (χ0n) is 26.8. The summed E-state index contributed by atoms with van der Waals surface area (Å²) in [6.07, 6.45) is 0. The van der Waals surface area contributed by atoms with E-state index >= 15 is 0 Å². The average Bonchev–Trinajstić information content (AvgIpc) is 3.72. The maximum absolute atomic E-state index is 6.28. The van der Waals surface area contributed by atoms with Crippen LogP contribution in [0.5, 0.6) is 0 Å². The molecule has 8 aromatic carbocycles. The number of fused-ring (bicyclic) bond motifs is 10. The molecular weight excluding hydrogens is 611 g/mol. The smallest absolute Gasteiger partial charge is 0.235 e. The van der Waals surface area contributed by atoms with Crippen LogP contribution >= 0.6 is 0 Å². The molecule has 4 heteroatoms. The first-order valence-electron chi connectivity index (χ1n) is 16.9. The van der Waals surface area contributed by atoms with Gasteiger partial charge in [-0.05, 0) is 63.5 Å². The van der Waals surface area contributed by atoms with Crippen LogP contribution in [0.4, 0.5) is 0 Å². The molecule has 3 heterocycles. The van der Waals surface area contributed by atoms with Crippen molar-refractivity contribution >= 4 is 76.2 Å². The number of aromatic nitrogens is 3. The van der Waals surface area contributed by atoms with Crippen LogP contribution in [-0.4, -0.2) is 14.5 Å². The highest BCUT2D eigenvalue weighted by molar-refractivity contribution is 6.27. The molecule has 0 N–H and O–H groups in total. The first kappa shape index (κ1) is 27.2. The van der Waals surface area contributed by atoms with Crippen molar-refractivity contribution in [3.05, 3.63) is 164 Å². The van der Waals surface area contributed by atoms with E-state index in [1.165, 1.54) is 32.3 Å². The molecule has 0 atom stereocenters. The highest BCUT2D eigenvalue weighted by atomic mass is 16.3. The van der Waals surface area contributed by atoms with Crippen LogP contribution in [0.15, 0.2) is 168 Å². The summed E-state index contributed by atoms with van der Waals surface area (Å²) in [5.41, 5.74) is 9.05. The topological polar surface area (TPSA) is 43.9 Å². The molecule has 50 heavy (non-hydrogen) atoms. The SMILES string of the molecule is c1ccc(-c2nc(-n3c4ccc5ccccc5c4c4cc5ccccc5c(-c5ccc6oc7ccccc7c6c5)c43)nc3ccccc23)cc1. The second kappa shape index (κ2) is 10.4. The molecule has 232 valence electrons. The number of benzene rings is 8. The summed E-state index contributed by atoms with van der Waals surface area (Å²) in [5.74, 6) is 0.643. The van der Waals surface area contributed by atoms with Gasteiger partial charge in [0.15, 0.2) is 0 Å². The van der Waals surface area contributed by atoms with Gasteiger partial charge in [-0.1, -0.05) is 127 Å². The lowest BCUT2D eigenvalue weighted by molar-refractivity contribution is 0.669. The van der Waals surface area contributed by atoms with Gasteiger partial charge in [0.1, 0.15) is 11.2 Å². The largest absolute Gasteiger partial charge is 0.456 e. The Bertz CT molecular complexity index is 3150. The van der Waals surface area contributed by atoms with Gasteiger partial charge in [-0.25, -0.2) is 9.97 Å². The standard InChI is InChI=1S/C46H27N3O/c1-2-13-29(14-3-1)44-35-19-8-10-20-38(35)47-46(48-44)49-39-24-22-28-12-4-6-16-32(28)43(39)37-26-30-15-5-7-17-33(30)42(45(37)49)31-23-25-41-36(27-31)34-18-9-11-21-40(34)50-41/h1-27H. The number of hydrogen-bond acceptors (Lipinski definition) is 3. The van der Waals surface area contributed by atoms with Gasteiger partial charge < -0.3 is 4.42 Å². The Hall–Kier alpha value is -6.78. The van der Waals surface area contributed by atoms with Gasteiger partial charge >= 0.3 is 0 Å². The quantitative estimate of drug-likeness (QED) is 0.194. The Balaban J connectivity index is 1.36. The van der Waals surface area contributed by atoms with E-state index in [2.05, 4.69) is 150 Å². The molecule has 0 unspecified atom stereocenters. The van der Waals surface area contributed by atoms with Crippen LogP contribution in [0.2, 0.25) is 0 Å². The fourth-order valence-electron chi connectivity index (χ4n) is 7.97. The van der Waals surface area contributed by atoms with E-state index in [9.17, 15) is 0 Å². The Morgan fingerprint density at radius 2 is 1.14 bits per heavy atom. The highest BCUT2D eigenvalue weighted by Gasteiger charge is 2.24. The fraction of sp³-hybridized carbons (Fsp3) is 0. The second-order valence-electron chi connectivity index (χ2n) is 12.9. The Morgan fingerprint density at radius 3 is 2.02 bits per heavy atom. The van der Waals surface area contributed by atoms with Crippen LogP contribution in [0.25, 0.3) is 105 Å². The summed E-state index contributed by atoms with van der Waals surface area (Å²) in [4.78, 5) is 10.7. The van der Waals surface area contributed by atoms with E-state index in [0.717, 1.165) is 66.3 Å². The Labute approximate surface area is 286 Å². The first-order chi connectivity index (χ1) is 24.8. The van der Waals surface area contributed by atoms with E-state index in [1.54, 1.807) is 0 Å². The third-order valence-electron chi connectivity index (χ3n) is 10.2. The minimum absolute atomic E-state index is 0.643. The summed E-state index contributed by atoms with van der Waals surface area (Å²) >= 11 is 0. The first-order valence-corrected chi connectivity index (χ1v) is 16.9. The average molecular weight is 638 g/mol. The monoisotopic (exact) mass is 637 g/mol. The summed E-state index contributed by atoms with van der Waals surface area (Å²) in [6.45, 7) is 0. The van der Waals surface area contributed by atoms with Crippen molar-refractivity contribution in [2.24, 2.45) is 0 Å². The van der Waals surface area contributed by atoms with Crippen LogP contribution in [0, 0.1) is 0 Å². The predicted molar refractivity (Wildman–Crippen MR) is 207 cm³/mol. The molecule has 11 aromatic rings. The lowest BCUT2D eigenvalue weighted by Gasteiger charge is -2.15. The lowest BCUT2D eigenvalue weighted by atomic mass is 9.93. The normalized spacial score (nSPS) is 12.0. The zero-order valence-corrected chi connectivity index (χ0v) is 26.8. The van der Waals surface area contributed by atoms with Crippen molar-refractivity contribution in [1.29, 1.82) is 0 Å². The molecule has 4 nitrogen and oxygen atoms in total. The number of furan rings is 1. The van der Waals surface area contributed by atoms with Crippen molar-refractivity contribution < 1.29 is 4.42 Å². The van der Waals surface area contributed by atoms with Gasteiger partial charge in [-0.2, -0.15) is 0 Å². The van der Waals surface area contributed by atoms with Crippen molar-refractivity contribution in [3.63, 3.8) is 0 Å². The molecule has 0 aliphatic heterocycles. The minimum Gasteiger partial charge on any atom is -0.456 e. The molecule has 3 aromatic heterocycles. The predicted octanol–water partition coefficient (Wildman–Crippen LogP) is 12.3. The molecular formula is C46H27N3O. The van der Waals surface area contributed by atoms with Crippen LogP contribution < -0.4 is 0 Å². The molecule has 0 aliphatic carbocycles. The van der Waals surface area contributed by atoms with Crippen molar-refractivity contribution in [2.45, 2.75) is 0 Å². The lowest BCUT2D eigenvalue weighted by Crippen LogP contribution is -2.04. The molecule has 11 rings (SSSR count). The number of nitrogens with zero attached hydrogens (tertiary/aromatic N) is 3. The fourth-order valence-corrected chi connectivity index (χ4v) is 7.97. The van der Waals surface area contributed by atoms with Crippen LogP contribution in [0.1, 0.15) is 0 Å². The van der Waals surface area contributed by atoms with Gasteiger partial charge in [0.25, 0.3) is 0 Å². The van der Waals surface area contributed by atoms with Crippen LogP contribution in [-0.2, 0) is 0 Å². The van der Waals surface area contributed by atoms with Crippen molar-refractivity contribution in [2.75, 3.05) is 0 Å². The molecule has 0 bridgehead atoms. The summed E-state index contributed by atoms with van der Waals surface area (Å²) in [6, 6.07) is 57.8. The van der Waals surface area contributed by atoms with Gasteiger partial charge in [0, 0.05) is 38.1 Å². The van der Waals surface area contributed by atoms with E-state index in [0.29, 0.717) is 5.95 Å². The van der Waals surface area contributed by atoms with Gasteiger partial charge in [-0.15, -0.1) is 0 Å². The van der Waals surface area contributed by atoms with Gasteiger partial charge in [0.2, 0.25) is 5.95 Å². The van der Waals surface area contributed by atoms with Gasteiger partial charge in [0.05, 0.1) is 22.2 Å². The Morgan fingerprint density at radius 1 is 0.440 bits per heavy atom. The summed E-state index contributed by atoms with van der Waals surface area (Å²) < 4.78 is 8.58. The van der Waals surface area contributed by atoms with Crippen molar-refractivity contribution in [1.82, 2.24) is 14.5 Å². The third kappa shape index (κ3) is 3.87. The molecule has 0 radical (unpaired) electrons. The van der Waals surface area contributed by atoms with E-state index < -0.39 is 0 Å². The molecule has 0 saturated carbocycles. The molecule has 0 fully saturated rings.